The maximum atomic E-state index is 12.2. The molecule has 0 aromatic heterocycles. The summed E-state index contributed by atoms with van der Waals surface area (Å²) in [4.78, 5) is 12.1. The lowest BCUT2D eigenvalue weighted by molar-refractivity contribution is -0.121. The number of hydrogen-bond acceptors (Lipinski definition) is 3. The molecular weight excluding hydrogens is 428 g/mol. The largest absolute Gasteiger partial charge is 0.350 e. The molecule has 2 N–H and O–H groups in total. The summed E-state index contributed by atoms with van der Waals surface area (Å²) in [7, 11) is -3.64. The number of rotatable bonds is 7. The molecule has 5 nitrogen and oxygen atoms in total. The van der Waals surface area contributed by atoms with Gasteiger partial charge in [0.05, 0.1) is 10.9 Å². The molecule has 0 saturated carbocycles. The first-order chi connectivity index (χ1) is 11.8. The van der Waals surface area contributed by atoms with Crippen LogP contribution in [-0.2, 0) is 14.8 Å². The topological polar surface area (TPSA) is 75.3 Å². The van der Waals surface area contributed by atoms with Gasteiger partial charge in [-0.3, -0.25) is 4.79 Å². The average molecular weight is 446 g/mol. The second-order valence-electron chi connectivity index (χ2n) is 5.45. The van der Waals surface area contributed by atoms with Gasteiger partial charge in [-0.15, -0.1) is 0 Å². The van der Waals surface area contributed by atoms with Gasteiger partial charge < -0.3 is 5.32 Å². The maximum absolute atomic E-state index is 12.2. The van der Waals surface area contributed by atoms with Gasteiger partial charge >= 0.3 is 0 Å². The summed E-state index contributed by atoms with van der Waals surface area (Å²) in [5.74, 6) is -0.237. The highest BCUT2D eigenvalue weighted by Gasteiger charge is 2.15. The van der Waals surface area contributed by atoms with Gasteiger partial charge in [0, 0.05) is 22.5 Å². The predicted molar refractivity (Wildman–Crippen MR) is 102 cm³/mol. The first-order valence-corrected chi connectivity index (χ1v) is 10.2. The van der Waals surface area contributed by atoms with Crippen LogP contribution in [0.4, 0.5) is 0 Å². The van der Waals surface area contributed by atoms with Gasteiger partial charge in [0.2, 0.25) is 15.9 Å². The third-order valence-corrected chi connectivity index (χ3v) is 5.70. The van der Waals surface area contributed by atoms with E-state index in [9.17, 15) is 13.2 Å². The smallest absolute Gasteiger partial charge is 0.240 e. The fourth-order valence-electron chi connectivity index (χ4n) is 2.16. The standard InChI is InChI=1S/C17H18BrClN2O3S/c1-12(13-5-7-15(19)8-6-13)21-17(22)9-10-20-25(23,24)16-4-2-3-14(18)11-16/h2-8,11-12,20H,9-10H2,1H3,(H,21,22). The molecule has 2 rings (SSSR count). The minimum absolute atomic E-state index is 0.0218. The van der Waals surface area contributed by atoms with Gasteiger partial charge in [-0.05, 0) is 42.8 Å². The summed E-state index contributed by atoms with van der Waals surface area (Å²) in [6.07, 6.45) is 0.0468. The molecule has 0 fully saturated rings. The molecule has 0 aliphatic rings. The van der Waals surface area contributed by atoms with Crippen molar-refractivity contribution >= 4 is 43.5 Å². The van der Waals surface area contributed by atoms with Crippen LogP contribution in [0.15, 0.2) is 57.9 Å². The molecule has 25 heavy (non-hydrogen) atoms. The Kier molecular flexibility index (Phi) is 7.01. The highest BCUT2D eigenvalue weighted by atomic mass is 79.9. The minimum Gasteiger partial charge on any atom is -0.350 e. The summed E-state index contributed by atoms with van der Waals surface area (Å²) < 4.78 is 27.4. The first kappa shape index (κ1) is 19.9. The molecule has 0 spiro atoms. The Balaban J connectivity index is 1.84. The van der Waals surface area contributed by atoms with E-state index >= 15 is 0 Å². The van der Waals surface area contributed by atoms with Gasteiger partial charge in [0.25, 0.3) is 0 Å². The maximum Gasteiger partial charge on any atom is 0.240 e. The number of amides is 1. The van der Waals surface area contributed by atoms with E-state index in [0.717, 1.165) is 5.56 Å². The number of sulfonamides is 1. The molecule has 0 radical (unpaired) electrons. The van der Waals surface area contributed by atoms with Crippen molar-refractivity contribution in [2.24, 2.45) is 0 Å². The van der Waals surface area contributed by atoms with E-state index in [1.807, 2.05) is 19.1 Å². The summed E-state index contributed by atoms with van der Waals surface area (Å²) in [6, 6.07) is 13.4. The Labute approximate surface area is 161 Å². The zero-order chi connectivity index (χ0) is 18.4. The number of nitrogens with one attached hydrogen (secondary N) is 2. The molecule has 2 aromatic carbocycles. The van der Waals surface area contributed by atoms with Crippen molar-refractivity contribution in [2.45, 2.75) is 24.3 Å². The van der Waals surface area contributed by atoms with Crippen LogP contribution in [0.1, 0.15) is 24.9 Å². The lowest BCUT2D eigenvalue weighted by Crippen LogP contribution is -2.32. The van der Waals surface area contributed by atoms with E-state index in [1.54, 1.807) is 24.3 Å². The molecule has 1 unspecified atom stereocenters. The molecule has 1 atom stereocenters. The van der Waals surface area contributed by atoms with Crippen LogP contribution in [0.25, 0.3) is 0 Å². The van der Waals surface area contributed by atoms with Crippen LogP contribution in [0, 0.1) is 0 Å². The lowest BCUT2D eigenvalue weighted by atomic mass is 10.1. The molecule has 1 amide bonds. The molecule has 134 valence electrons. The molecule has 0 bridgehead atoms. The van der Waals surface area contributed by atoms with E-state index in [2.05, 4.69) is 26.0 Å². The summed E-state index contributed by atoms with van der Waals surface area (Å²) in [6.45, 7) is 1.88. The highest BCUT2D eigenvalue weighted by Crippen LogP contribution is 2.17. The van der Waals surface area contributed by atoms with E-state index < -0.39 is 10.0 Å². The monoisotopic (exact) mass is 444 g/mol. The Morgan fingerprint density at radius 3 is 2.52 bits per heavy atom. The summed E-state index contributed by atoms with van der Waals surface area (Å²) in [5.41, 5.74) is 0.924. The van der Waals surface area contributed by atoms with Gasteiger partial charge in [0.15, 0.2) is 0 Å². The zero-order valence-electron chi connectivity index (χ0n) is 13.5. The van der Waals surface area contributed by atoms with Gasteiger partial charge in [-0.1, -0.05) is 45.7 Å². The Morgan fingerprint density at radius 1 is 1.20 bits per heavy atom. The first-order valence-electron chi connectivity index (χ1n) is 7.58. The van der Waals surface area contributed by atoms with E-state index in [-0.39, 0.29) is 29.8 Å². The van der Waals surface area contributed by atoms with Gasteiger partial charge in [0.1, 0.15) is 0 Å². The highest BCUT2D eigenvalue weighted by molar-refractivity contribution is 9.10. The van der Waals surface area contributed by atoms with Crippen LogP contribution >= 0.6 is 27.5 Å². The van der Waals surface area contributed by atoms with Gasteiger partial charge in [-0.25, -0.2) is 13.1 Å². The quantitative estimate of drug-likeness (QED) is 0.683. The van der Waals surface area contributed by atoms with Crippen molar-refractivity contribution in [1.29, 1.82) is 0 Å². The van der Waals surface area contributed by atoms with Crippen molar-refractivity contribution in [3.8, 4) is 0 Å². The Hall–Kier alpha value is -1.41. The Bertz CT molecular complexity index is 841. The van der Waals surface area contributed by atoms with Gasteiger partial charge in [-0.2, -0.15) is 0 Å². The van der Waals surface area contributed by atoms with E-state index in [0.29, 0.717) is 9.50 Å². The van der Waals surface area contributed by atoms with E-state index in [4.69, 9.17) is 11.6 Å². The number of benzene rings is 2. The summed E-state index contributed by atoms with van der Waals surface area (Å²) in [5, 5.41) is 3.46. The van der Waals surface area contributed by atoms with Crippen LogP contribution < -0.4 is 10.0 Å². The Morgan fingerprint density at radius 2 is 1.88 bits per heavy atom. The predicted octanol–water partition coefficient (Wildman–Crippen LogP) is 3.65. The molecule has 0 aliphatic carbocycles. The molecular formula is C17H18BrClN2O3S. The van der Waals surface area contributed by atoms with Crippen LogP contribution in [0.5, 0.6) is 0 Å². The number of carbonyl (C=O) groups is 1. The second kappa shape index (κ2) is 8.80. The average Bonchev–Trinajstić information content (AvgIpc) is 2.55. The summed E-state index contributed by atoms with van der Waals surface area (Å²) >= 11 is 9.07. The normalized spacial score (nSPS) is 12.6. The second-order valence-corrected chi connectivity index (χ2v) is 8.56. The lowest BCUT2D eigenvalue weighted by Gasteiger charge is -2.14. The molecule has 0 saturated heterocycles. The van der Waals surface area contributed by atoms with Crippen molar-refractivity contribution in [3.63, 3.8) is 0 Å². The number of halogens is 2. The molecule has 0 aliphatic heterocycles. The SMILES string of the molecule is CC(NC(=O)CCNS(=O)(=O)c1cccc(Br)c1)c1ccc(Cl)cc1. The minimum atomic E-state index is -3.64. The van der Waals surface area contributed by atoms with Crippen molar-refractivity contribution in [1.82, 2.24) is 10.0 Å². The van der Waals surface area contributed by atoms with Crippen LogP contribution in [0.2, 0.25) is 5.02 Å². The zero-order valence-corrected chi connectivity index (χ0v) is 16.7. The number of carbonyl (C=O) groups excluding carboxylic acids is 1. The number of hydrogen-bond donors (Lipinski definition) is 2. The molecule has 8 heteroatoms. The van der Waals surface area contributed by atoms with E-state index in [1.165, 1.54) is 12.1 Å². The van der Waals surface area contributed by atoms with Crippen molar-refractivity contribution in [2.75, 3.05) is 6.54 Å². The van der Waals surface area contributed by atoms with Crippen molar-refractivity contribution in [3.05, 3.63) is 63.6 Å². The third-order valence-electron chi connectivity index (χ3n) is 3.50. The fraction of sp³-hybridized carbons (Fsp3) is 0.235. The molecule has 0 heterocycles. The van der Waals surface area contributed by atoms with Crippen LogP contribution in [-0.4, -0.2) is 20.9 Å². The fourth-order valence-corrected chi connectivity index (χ4v) is 3.92. The molecule has 2 aromatic rings. The van der Waals surface area contributed by atoms with Crippen LogP contribution in [0.3, 0.4) is 0 Å². The third kappa shape index (κ3) is 6.11. The van der Waals surface area contributed by atoms with Crippen molar-refractivity contribution < 1.29 is 13.2 Å².